The number of carbonyl (C=O) groups is 3. The lowest BCUT2D eigenvalue weighted by atomic mass is 10.0. The molecule has 0 saturated carbocycles. The predicted molar refractivity (Wildman–Crippen MR) is 106 cm³/mol. The molecular formula is C19H27N3O5S. The van der Waals surface area contributed by atoms with E-state index in [1.165, 1.54) is 16.2 Å². The smallest absolute Gasteiger partial charge is 0.257 e. The molecule has 1 unspecified atom stereocenters. The molecule has 0 fully saturated rings. The number of fused-ring (bicyclic) bond motifs is 3. The number of rotatable bonds is 6. The number of nitrogens with zero attached hydrogens (tertiary/aromatic N) is 3. The number of carbonyl (C=O) groups excluding carboxylic acids is 3. The largest absolute Gasteiger partial charge is 0.383 e. The molecule has 2 aliphatic rings. The van der Waals surface area contributed by atoms with Crippen LogP contribution in [0.15, 0.2) is 0 Å². The Balaban J connectivity index is 1.96. The highest BCUT2D eigenvalue weighted by molar-refractivity contribution is 7.17. The fraction of sp³-hybridized carbons (Fsp3) is 0.632. The maximum Gasteiger partial charge on any atom is 0.257 e. The molecule has 8 nitrogen and oxygen atoms in total. The van der Waals surface area contributed by atoms with Gasteiger partial charge in [-0.2, -0.15) is 0 Å². The first kappa shape index (κ1) is 20.8. The second-order valence-electron chi connectivity index (χ2n) is 7.03. The van der Waals surface area contributed by atoms with E-state index in [4.69, 9.17) is 9.47 Å². The van der Waals surface area contributed by atoms with E-state index in [1.54, 1.807) is 31.1 Å². The first-order chi connectivity index (χ1) is 13.4. The van der Waals surface area contributed by atoms with Crippen molar-refractivity contribution in [2.24, 2.45) is 0 Å². The summed E-state index contributed by atoms with van der Waals surface area (Å²) in [6.07, 6.45) is 0.758. The van der Waals surface area contributed by atoms with Crippen LogP contribution in [-0.4, -0.2) is 81.1 Å². The van der Waals surface area contributed by atoms with E-state index in [9.17, 15) is 14.4 Å². The highest BCUT2D eigenvalue weighted by atomic mass is 32.1. The number of hydrogen-bond acceptors (Lipinski definition) is 6. The Labute approximate surface area is 169 Å². The molecule has 0 spiro atoms. The van der Waals surface area contributed by atoms with Gasteiger partial charge in [-0.15, -0.1) is 11.3 Å². The van der Waals surface area contributed by atoms with Gasteiger partial charge in [-0.1, -0.05) is 6.92 Å². The Bertz CT molecular complexity index is 774. The SMILES string of the molecule is CCC(OC)C(=O)N1CCc2c(sc3c2C(=O)N(C)CC(=O)N3CCOC)C1. The minimum absolute atomic E-state index is 0.0324. The van der Waals surface area contributed by atoms with Crippen LogP contribution in [0, 0.1) is 0 Å². The summed E-state index contributed by atoms with van der Waals surface area (Å²) < 4.78 is 10.4. The van der Waals surface area contributed by atoms with Gasteiger partial charge in [0.1, 0.15) is 17.6 Å². The van der Waals surface area contributed by atoms with Crippen molar-refractivity contribution < 1.29 is 23.9 Å². The second-order valence-corrected chi connectivity index (χ2v) is 8.11. The van der Waals surface area contributed by atoms with Crippen LogP contribution >= 0.6 is 11.3 Å². The van der Waals surface area contributed by atoms with Crippen LogP contribution in [0.4, 0.5) is 5.00 Å². The highest BCUT2D eigenvalue weighted by Crippen LogP contribution is 2.41. The molecule has 0 aliphatic carbocycles. The van der Waals surface area contributed by atoms with Crippen LogP contribution in [0.1, 0.15) is 34.1 Å². The Morgan fingerprint density at radius 3 is 2.64 bits per heavy atom. The third kappa shape index (κ3) is 3.66. The van der Waals surface area contributed by atoms with Crippen LogP contribution in [0.25, 0.3) is 0 Å². The van der Waals surface area contributed by atoms with E-state index in [1.807, 2.05) is 6.92 Å². The van der Waals surface area contributed by atoms with Crippen molar-refractivity contribution in [1.29, 1.82) is 0 Å². The second kappa shape index (κ2) is 8.59. The summed E-state index contributed by atoms with van der Waals surface area (Å²) in [4.78, 5) is 44.2. The van der Waals surface area contributed by atoms with Crippen molar-refractivity contribution in [3.05, 3.63) is 16.0 Å². The average molecular weight is 410 g/mol. The van der Waals surface area contributed by atoms with Gasteiger partial charge in [0.2, 0.25) is 5.91 Å². The zero-order chi connectivity index (χ0) is 20.4. The molecule has 1 atom stereocenters. The number of ether oxygens (including phenoxy) is 2. The first-order valence-corrected chi connectivity index (χ1v) is 10.2. The summed E-state index contributed by atoms with van der Waals surface area (Å²) in [5.41, 5.74) is 1.57. The molecule has 1 aromatic rings. The molecule has 0 radical (unpaired) electrons. The number of likely N-dealkylation sites (N-methyl/N-ethyl adjacent to an activating group) is 1. The van der Waals surface area contributed by atoms with Crippen molar-refractivity contribution in [3.63, 3.8) is 0 Å². The van der Waals surface area contributed by atoms with Crippen LogP contribution in [-0.2, 0) is 32.0 Å². The Kier molecular flexibility index (Phi) is 6.36. The molecule has 0 aromatic carbocycles. The van der Waals surface area contributed by atoms with Crippen molar-refractivity contribution in [2.45, 2.75) is 32.4 Å². The van der Waals surface area contributed by atoms with Gasteiger partial charge in [-0.05, 0) is 18.4 Å². The molecule has 0 saturated heterocycles. The van der Waals surface area contributed by atoms with Gasteiger partial charge in [-0.25, -0.2) is 0 Å². The number of hydrogen-bond donors (Lipinski definition) is 0. The predicted octanol–water partition coefficient (Wildman–Crippen LogP) is 1.12. The third-order valence-electron chi connectivity index (χ3n) is 5.28. The molecule has 28 heavy (non-hydrogen) atoms. The zero-order valence-electron chi connectivity index (χ0n) is 16.8. The molecule has 1 aromatic heterocycles. The lowest BCUT2D eigenvalue weighted by molar-refractivity contribution is -0.143. The van der Waals surface area contributed by atoms with Crippen molar-refractivity contribution in [1.82, 2.24) is 9.80 Å². The number of amides is 3. The molecule has 9 heteroatoms. The van der Waals surface area contributed by atoms with Gasteiger partial charge >= 0.3 is 0 Å². The van der Waals surface area contributed by atoms with Crippen molar-refractivity contribution in [2.75, 3.05) is 52.4 Å². The summed E-state index contributed by atoms with van der Waals surface area (Å²) in [6.45, 7) is 3.74. The normalized spacial score (nSPS) is 18.1. The Morgan fingerprint density at radius 2 is 2.00 bits per heavy atom. The van der Waals surface area contributed by atoms with E-state index in [0.717, 1.165) is 10.4 Å². The topological polar surface area (TPSA) is 79.4 Å². The fourth-order valence-electron chi connectivity index (χ4n) is 3.71. The summed E-state index contributed by atoms with van der Waals surface area (Å²) in [5.74, 6) is -0.289. The first-order valence-electron chi connectivity index (χ1n) is 9.43. The average Bonchev–Trinajstić information content (AvgIpc) is 3.02. The standard InChI is InChI=1S/C19H27N3O5S/c1-5-13(27-4)17(24)21-7-6-12-14(10-21)28-19-16(12)18(25)20(2)11-15(23)22(19)8-9-26-3/h13H,5-11H2,1-4H3. The van der Waals surface area contributed by atoms with Crippen LogP contribution < -0.4 is 4.90 Å². The molecule has 0 bridgehead atoms. The number of anilines is 1. The Morgan fingerprint density at radius 1 is 1.25 bits per heavy atom. The highest BCUT2D eigenvalue weighted by Gasteiger charge is 2.37. The van der Waals surface area contributed by atoms with Crippen molar-refractivity contribution >= 4 is 34.1 Å². The van der Waals surface area contributed by atoms with Gasteiger partial charge in [0.25, 0.3) is 11.8 Å². The molecule has 2 aliphatic heterocycles. The fourth-order valence-corrected chi connectivity index (χ4v) is 5.10. The van der Waals surface area contributed by atoms with Crippen molar-refractivity contribution in [3.8, 4) is 0 Å². The maximum absolute atomic E-state index is 13.0. The summed E-state index contributed by atoms with van der Waals surface area (Å²) in [5, 5.41) is 0.675. The quantitative estimate of drug-likeness (QED) is 0.704. The number of thiophene rings is 1. The van der Waals surface area contributed by atoms with Gasteiger partial charge in [0.15, 0.2) is 0 Å². The minimum atomic E-state index is -0.452. The zero-order valence-corrected chi connectivity index (χ0v) is 17.6. The van der Waals surface area contributed by atoms with Crippen LogP contribution in [0.3, 0.4) is 0 Å². The summed E-state index contributed by atoms with van der Waals surface area (Å²) >= 11 is 1.43. The van der Waals surface area contributed by atoms with Gasteiger partial charge in [0, 0.05) is 32.7 Å². The Hall–Kier alpha value is -1.97. The lowest BCUT2D eigenvalue weighted by Crippen LogP contribution is -2.42. The van der Waals surface area contributed by atoms with E-state index < -0.39 is 6.10 Å². The monoisotopic (exact) mass is 409 g/mol. The van der Waals surface area contributed by atoms with Gasteiger partial charge in [0.05, 0.1) is 25.3 Å². The van der Waals surface area contributed by atoms with Crippen LogP contribution in [0.2, 0.25) is 0 Å². The van der Waals surface area contributed by atoms with E-state index in [2.05, 4.69) is 0 Å². The lowest BCUT2D eigenvalue weighted by Gasteiger charge is -2.30. The van der Waals surface area contributed by atoms with Crippen LogP contribution in [0.5, 0.6) is 0 Å². The third-order valence-corrected chi connectivity index (χ3v) is 6.52. The molecule has 154 valence electrons. The number of methoxy groups -OCH3 is 2. The maximum atomic E-state index is 13.0. The molecule has 3 amide bonds. The van der Waals surface area contributed by atoms with Gasteiger partial charge in [-0.3, -0.25) is 19.3 Å². The van der Waals surface area contributed by atoms with E-state index in [-0.39, 0.29) is 24.3 Å². The summed E-state index contributed by atoms with van der Waals surface area (Å²) in [6, 6.07) is 0. The van der Waals surface area contributed by atoms with Gasteiger partial charge < -0.3 is 19.3 Å². The van der Waals surface area contributed by atoms with E-state index >= 15 is 0 Å². The minimum Gasteiger partial charge on any atom is -0.383 e. The molecule has 3 rings (SSSR count). The van der Waals surface area contributed by atoms with E-state index in [0.29, 0.717) is 49.6 Å². The summed E-state index contributed by atoms with van der Waals surface area (Å²) in [7, 11) is 4.78. The molecular weight excluding hydrogens is 382 g/mol. The molecule has 0 N–H and O–H groups in total. The molecule has 3 heterocycles.